The fraction of sp³-hybridized carbons (Fsp3) is 0.308. The predicted octanol–water partition coefficient (Wildman–Crippen LogP) is 3.31. The number of hydrogen-bond acceptors (Lipinski definition) is 1. The molecule has 0 aliphatic heterocycles. The summed E-state index contributed by atoms with van der Waals surface area (Å²) in [5, 5.41) is 0. The average Bonchev–Trinajstić information content (AvgIpc) is 2.69. The van der Waals surface area contributed by atoms with E-state index in [0.717, 1.165) is 23.9 Å². The van der Waals surface area contributed by atoms with E-state index >= 15 is 0 Å². The lowest BCUT2D eigenvalue weighted by atomic mass is 10.1. The van der Waals surface area contributed by atoms with E-state index in [1.807, 2.05) is 41.1 Å². The minimum Gasteiger partial charge on any atom is -0.323 e. The van der Waals surface area contributed by atoms with Crippen LogP contribution >= 0.6 is 0 Å². The molecule has 0 aliphatic rings. The van der Waals surface area contributed by atoms with E-state index in [1.54, 1.807) is 0 Å². The summed E-state index contributed by atoms with van der Waals surface area (Å²) in [6.07, 6.45) is 6.58. The maximum atomic E-state index is 11.8. The molecule has 2 rings (SSSR count). The van der Waals surface area contributed by atoms with Gasteiger partial charge in [0.2, 0.25) is 0 Å². The van der Waals surface area contributed by atoms with Crippen molar-refractivity contribution in [1.29, 1.82) is 0 Å². The maximum Gasteiger partial charge on any atom is 0.164 e. The standard InChI is InChI=1S/C13H15NO/c1-2-3-7-13(15)11-9-12-6-4-5-8-14(12)10-11/h4-6,8-10H,2-3,7H2,1H3. The Morgan fingerprint density at radius 1 is 1.40 bits per heavy atom. The van der Waals surface area contributed by atoms with Gasteiger partial charge in [0.1, 0.15) is 0 Å². The quantitative estimate of drug-likeness (QED) is 0.695. The lowest BCUT2D eigenvalue weighted by molar-refractivity contribution is 0.0980. The van der Waals surface area contributed by atoms with Crippen LogP contribution in [0.1, 0.15) is 36.5 Å². The summed E-state index contributed by atoms with van der Waals surface area (Å²) in [7, 11) is 0. The molecule has 0 bridgehead atoms. The highest BCUT2D eigenvalue weighted by atomic mass is 16.1. The largest absolute Gasteiger partial charge is 0.323 e. The summed E-state index contributed by atoms with van der Waals surface area (Å²) < 4.78 is 1.99. The van der Waals surface area contributed by atoms with Crippen molar-refractivity contribution < 1.29 is 4.79 Å². The van der Waals surface area contributed by atoms with Crippen molar-refractivity contribution in [2.45, 2.75) is 26.2 Å². The summed E-state index contributed by atoms with van der Waals surface area (Å²) in [5.74, 6) is 0.251. The Morgan fingerprint density at radius 3 is 3.00 bits per heavy atom. The zero-order valence-electron chi connectivity index (χ0n) is 8.94. The Labute approximate surface area is 89.5 Å². The lowest BCUT2D eigenvalue weighted by Crippen LogP contribution is -1.96. The molecular formula is C13H15NO. The Balaban J connectivity index is 2.25. The Morgan fingerprint density at radius 2 is 2.27 bits per heavy atom. The van der Waals surface area contributed by atoms with Crippen LogP contribution in [0, 0.1) is 0 Å². The molecule has 0 fully saturated rings. The van der Waals surface area contributed by atoms with Crippen molar-refractivity contribution in [2.75, 3.05) is 0 Å². The fourth-order valence-electron chi connectivity index (χ4n) is 1.69. The van der Waals surface area contributed by atoms with Crippen LogP contribution in [0.15, 0.2) is 36.7 Å². The molecule has 0 radical (unpaired) electrons. The van der Waals surface area contributed by atoms with Crippen molar-refractivity contribution in [2.24, 2.45) is 0 Å². The highest BCUT2D eigenvalue weighted by molar-refractivity contribution is 5.97. The number of aromatic nitrogens is 1. The SMILES string of the molecule is CCCCC(=O)c1cc2ccccn2c1. The van der Waals surface area contributed by atoms with Gasteiger partial charge in [-0.3, -0.25) is 4.79 Å². The number of carbonyl (C=O) groups is 1. The zero-order chi connectivity index (χ0) is 10.7. The fourth-order valence-corrected chi connectivity index (χ4v) is 1.69. The molecule has 0 amide bonds. The third-order valence-electron chi connectivity index (χ3n) is 2.58. The van der Waals surface area contributed by atoms with Crippen LogP contribution in [0.2, 0.25) is 0 Å². The van der Waals surface area contributed by atoms with E-state index in [4.69, 9.17) is 0 Å². The van der Waals surface area contributed by atoms with Crippen LogP contribution in [0.3, 0.4) is 0 Å². The maximum absolute atomic E-state index is 11.8. The highest BCUT2D eigenvalue weighted by Gasteiger charge is 2.07. The van der Waals surface area contributed by atoms with Gasteiger partial charge in [-0.15, -0.1) is 0 Å². The highest BCUT2D eigenvalue weighted by Crippen LogP contribution is 2.12. The molecule has 0 N–H and O–H groups in total. The molecule has 0 saturated carbocycles. The normalized spacial score (nSPS) is 10.7. The van der Waals surface area contributed by atoms with Crippen LogP contribution < -0.4 is 0 Å². The first-order valence-electron chi connectivity index (χ1n) is 5.41. The molecule has 2 heteroatoms. The summed E-state index contributed by atoms with van der Waals surface area (Å²) in [6, 6.07) is 7.91. The molecule has 15 heavy (non-hydrogen) atoms. The number of Topliss-reactive ketones (excluding diaryl/α,β-unsaturated/α-hetero) is 1. The Kier molecular flexibility index (Phi) is 2.86. The molecule has 0 aliphatic carbocycles. The van der Waals surface area contributed by atoms with E-state index in [2.05, 4.69) is 6.92 Å². The number of pyridine rings is 1. The Bertz CT molecular complexity index is 437. The van der Waals surface area contributed by atoms with Crippen LogP contribution in [-0.2, 0) is 0 Å². The van der Waals surface area contributed by atoms with Gasteiger partial charge in [0, 0.05) is 29.9 Å². The molecule has 2 heterocycles. The van der Waals surface area contributed by atoms with Gasteiger partial charge in [-0.05, 0) is 24.6 Å². The smallest absolute Gasteiger partial charge is 0.164 e. The molecule has 2 aromatic rings. The number of fused-ring (bicyclic) bond motifs is 1. The Hall–Kier alpha value is -1.57. The van der Waals surface area contributed by atoms with Gasteiger partial charge in [0.25, 0.3) is 0 Å². The monoisotopic (exact) mass is 201 g/mol. The minimum atomic E-state index is 0.251. The molecule has 2 nitrogen and oxygen atoms in total. The predicted molar refractivity (Wildman–Crippen MR) is 61.3 cm³/mol. The number of ketones is 1. The minimum absolute atomic E-state index is 0.251. The molecule has 0 spiro atoms. The number of carbonyl (C=O) groups excluding carboxylic acids is 1. The molecule has 0 saturated heterocycles. The molecular weight excluding hydrogens is 186 g/mol. The molecule has 0 aromatic carbocycles. The van der Waals surface area contributed by atoms with E-state index in [9.17, 15) is 4.79 Å². The second-order valence-electron chi connectivity index (χ2n) is 3.79. The number of nitrogens with zero attached hydrogens (tertiary/aromatic N) is 1. The number of rotatable bonds is 4. The first kappa shape index (κ1) is 9.97. The number of unbranched alkanes of at least 4 members (excludes halogenated alkanes) is 1. The van der Waals surface area contributed by atoms with Crippen LogP contribution in [0.5, 0.6) is 0 Å². The molecule has 78 valence electrons. The third kappa shape index (κ3) is 2.09. The van der Waals surface area contributed by atoms with Crippen molar-refractivity contribution in [3.63, 3.8) is 0 Å². The van der Waals surface area contributed by atoms with Crippen molar-refractivity contribution in [1.82, 2.24) is 4.40 Å². The van der Waals surface area contributed by atoms with Gasteiger partial charge in [-0.1, -0.05) is 19.4 Å². The van der Waals surface area contributed by atoms with Crippen molar-refractivity contribution >= 4 is 11.3 Å². The van der Waals surface area contributed by atoms with Gasteiger partial charge in [-0.2, -0.15) is 0 Å². The van der Waals surface area contributed by atoms with Crippen LogP contribution in [-0.4, -0.2) is 10.2 Å². The molecule has 2 aromatic heterocycles. The summed E-state index contributed by atoms with van der Waals surface area (Å²) in [5.41, 5.74) is 1.91. The summed E-state index contributed by atoms with van der Waals surface area (Å²) in [4.78, 5) is 11.8. The number of hydrogen-bond donors (Lipinski definition) is 0. The van der Waals surface area contributed by atoms with E-state index in [-0.39, 0.29) is 5.78 Å². The summed E-state index contributed by atoms with van der Waals surface area (Å²) >= 11 is 0. The van der Waals surface area contributed by atoms with E-state index in [1.165, 1.54) is 0 Å². The first-order chi connectivity index (χ1) is 7.31. The third-order valence-corrected chi connectivity index (χ3v) is 2.58. The van der Waals surface area contributed by atoms with Gasteiger partial charge in [-0.25, -0.2) is 0 Å². The van der Waals surface area contributed by atoms with Gasteiger partial charge < -0.3 is 4.40 Å². The molecule has 0 atom stereocenters. The van der Waals surface area contributed by atoms with Gasteiger partial charge in [0.15, 0.2) is 5.78 Å². The van der Waals surface area contributed by atoms with Crippen molar-refractivity contribution in [3.8, 4) is 0 Å². The van der Waals surface area contributed by atoms with Crippen LogP contribution in [0.25, 0.3) is 5.52 Å². The zero-order valence-corrected chi connectivity index (χ0v) is 8.94. The summed E-state index contributed by atoms with van der Waals surface area (Å²) in [6.45, 7) is 2.10. The first-order valence-corrected chi connectivity index (χ1v) is 5.41. The topological polar surface area (TPSA) is 21.5 Å². The second kappa shape index (κ2) is 4.30. The second-order valence-corrected chi connectivity index (χ2v) is 3.79. The van der Waals surface area contributed by atoms with Crippen molar-refractivity contribution in [3.05, 3.63) is 42.2 Å². The van der Waals surface area contributed by atoms with E-state index < -0.39 is 0 Å². The van der Waals surface area contributed by atoms with Gasteiger partial charge >= 0.3 is 0 Å². The average molecular weight is 201 g/mol. The van der Waals surface area contributed by atoms with Gasteiger partial charge in [0.05, 0.1) is 0 Å². The van der Waals surface area contributed by atoms with Crippen LogP contribution in [0.4, 0.5) is 0 Å². The lowest BCUT2D eigenvalue weighted by Gasteiger charge is -1.94. The van der Waals surface area contributed by atoms with E-state index in [0.29, 0.717) is 6.42 Å². The molecule has 0 unspecified atom stereocenters.